The average molecular weight is 416 g/mol. The maximum Gasteiger partial charge on any atom is 0.129 e. The van der Waals surface area contributed by atoms with Crippen molar-refractivity contribution in [2.45, 2.75) is 32.7 Å². The van der Waals surface area contributed by atoms with Crippen LogP contribution in [0.4, 0.5) is 4.39 Å². The second-order valence-corrected chi connectivity index (χ2v) is 6.76. The fraction of sp³-hybridized carbons (Fsp3) is 0.625. The van der Waals surface area contributed by atoms with Gasteiger partial charge in [0.1, 0.15) is 5.82 Å². The van der Waals surface area contributed by atoms with Crippen molar-refractivity contribution in [1.82, 2.24) is 10.2 Å². The second kappa shape index (κ2) is 10.8. The molecular weight excluding hydrogens is 390 g/mol. The third kappa shape index (κ3) is 5.97. The molecule has 0 aromatic heterocycles. The van der Waals surface area contributed by atoms with Gasteiger partial charge in [-0.3, -0.25) is 4.90 Å². The zero-order valence-corrected chi connectivity index (χ0v) is 16.4. The quantitative estimate of drug-likeness (QED) is 0.741. The van der Waals surface area contributed by atoms with Crippen LogP contribution in [-0.2, 0) is 0 Å². The van der Waals surface area contributed by atoms with Gasteiger partial charge >= 0.3 is 0 Å². The maximum atomic E-state index is 14.3. The largest absolute Gasteiger partial charge is 0.314 e. The summed E-state index contributed by atoms with van der Waals surface area (Å²) in [6.45, 7) is 8.41. The minimum absolute atomic E-state index is 0. The zero-order valence-electron chi connectivity index (χ0n) is 13.1. The molecule has 128 valence electrons. The van der Waals surface area contributed by atoms with Crippen LogP contribution in [0, 0.1) is 11.7 Å². The lowest BCUT2D eigenvalue weighted by Crippen LogP contribution is -2.45. The van der Waals surface area contributed by atoms with Gasteiger partial charge in [-0.25, -0.2) is 4.39 Å². The summed E-state index contributed by atoms with van der Waals surface area (Å²) in [4.78, 5) is 2.42. The van der Waals surface area contributed by atoms with Crippen molar-refractivity contribution in [2.24, 2.45) is 5.92 Å². The highest BCUT2D eigenvalue weighted by molar-refractivity contribution is 9.10. The molecule has 0 radical (unpaired) electrons. The Morgan fingerprint density at radius 1 is 1.18 bits per heavy atom. The van der Waals surface area contributed by atoms with Gasteiger partial charge in [-0.2, -0.15) is 0 Å². The Morgan fingerprint density at radius 3 is 2.36 bits per heavy atom. The van der Waals surface area contributed by atoms with E-state index in [-0.39, 0.29) is 36.7 Å². The monoisotopic (exact) mass is 414 g/mol. The molecule has 0 bridgehead atoms. The molecule has 1 fully saturated rings. The fourth-order valence-corrected chi connectivity index (χ4v) is 3.43. The Bertz CT molecular complexity index is 420. The molecule has 2 rings (SSSR count). The number of halogens is 4. The van der Waals surface area contributed by atoms with Crippen molar-refractivity contribution in [3.8, 4) is 0 Å². The SMILES string of the molecule is CC(C)CC[C@@H](c1c(F)cccc1Br)N1CCNCC1.Cl.Cl. The molecule has 1 aliphatic rings. The Balaban J connectivity index is 0.00000220. The summed E-state index contributed by atoms with van der Waals surface area (Å²) in [5.41, 5.74) is 0.829. The summed E-state index contributed by atoms with van der Waals surface area (Å²) in [5.74, 6) is 0.553. The fourth-order valence-electron chi connectivity index (χ4n) is 2.82. The first-order chi connectivity index (χ1) is 9.59. The summed E-state index contributed by atoms with van der Waals surface area (Å²) >= 11 is 3.54. The van der Waals surface area contributed by atoms with E-state index < -0.39 is 0 Å². The molecule has 0 saturated carbocycles. The van der Waals surface area contributed by atoms with Gasteiger partial charge in [0.15, 0.2) is 0 Å². The van der Waals surface area contributed by atoms with E-state index in [0.29, 0.717) is 5.92 Å². The molecule has 1 aromatic carbocycles. The van der Waals surface area contributed by atoms with Crippen molar-refractivity contribution in [3.05, 3.63) is 34.1 Å². The van der Waals surface area contributed by atoms with Gasteiger partial charge in [-0.05, 0) is 30.9 Å². The highest BCUT2D eigenvalue weighted by Gasteiger charge is 2.26. The molecule has 1 N–H and O–H groups in total. The molecule has 1 saturated heterocycles. The molecule has 6 heteroatoms. The molecule has 0 unspecified atom stereocenters. The lowest BCUT2D eigenvalue weighted by Gasteiger charge is -2.36. The number of nitrogens with zero attached hydrogens (tertiary/aromatic N) is 1. The van der Waals surface area contributed by atoms with Gasteiger partial charge in [0.2, 0.25) is 0 Å². The Hall–Kier alpha value is 0.130. The number of hydrogen-bond donors (Lipinski definition) is 1. The van der Waals surface area contributed by atoms with Crippen LogP contribution in [0.5, 0.6) is 0 Å². The number of benzene rings is 1. The van der Waals surface area contributed by atoms with Crippen LogP contribution in [-0.4, -0.2) is 31.1 Å². The predicted octanol–water partition coefficient (Wildman–Crippen LogP) is 4.81. The normalized spacial score (nSPS) is 16.8. The van der Waals surface area contributed by atoms with E-state index in [1.807, 2.05) is 6.07 Å². The highest BCUT2D eigenvalue weighted by Crippen LogP contribution is 2.34. The van der Waals surface area contributed by atoms with Gasteiger partial charge in [-0.15, -0.1) is 24.8 Å². The van der Waals surface area contributed by atoms with Crippen molar-refractivity contribution >= 4 is 40.7 Å². The molecule has 2 nitrogen and oxygen atoms in total. The molecule has 22 heavy (non-hydrogen) atoms. The van der Waals surface area contributed by atoms with Crippen LogP contribution in [0.3, 0.4) is 0 Å². The van der Waals surface area contributed by atoms with E-state index in [4.69, 9.17) is 0 Å². The Labute approximate surface area is 154 Å². The van der Waals surface area contributed by atoms with E-state index in [9.17, 15) is 4.39 Å². The molecule has 1 atom stereocenters. The van der Waals surface area contributed by atoms with Crippen molar-refractivity contribution in [2.75, 3.05) is 26.2 Å². The summed E-state index contributed by atoms with van der Waals surface area (Å²) in [5, 5.41) is 3.37. The van der Waals surface area contributed by atoms with Crippen LogP contribution < -0.4 is 5.32 Å². The van der Waals surface area contributed by atoms with E-state index in [1.165, 1.54) is 0 Å². The minimum atomic E-state index is -0.0911. The molecule has 0 amide bonds. The van der Waals surface area contributed by atoms with Crippen LogP contribution >= 0.6 is 40.7 Å². The smallest absolute Gasteiger partial charge is 0.129 e. The molecule has 0 spiro atoms. The van der Waals surface area contributed by atoms with Crippen LogP contribution in [0.15, 0.2) is 22.7 Å². The molecule has 0 aliphatic carbocycles. The first-order valence-electron chi connectivity index (χ1n) is 7.48. The van der Waals surface area contributed by atoms with Gasteiger partial charge in [0.05, 0.1) is 0 Å². The van der Waals surface area contributed by atoms with Gasteiger partial charge in [0.25, 0.3) is 0 Å². The maximum absolute atomic E-state index is 14.3. The van der Waals surface area contributed by atoms with Crippen LogP contribution in [0.1, 0.15) is 38.3 Å². The standard InChI is InChI=1S/C16H24BrFN2.2ClH/c1-12(2)6-7-15(20-10-8-19-9-11-20)16-13(17)4-3-5-14(16)18;;/h3-5,12,15,19H,6-11H2,1-2H3;2*1H/t15-;;/m0../s1. The number of hydrogen-bond acceptors (Lipinski definition) is 2. The van der Waals surface area contributed by atoms with Gasteiger partial charge < -0.3 is 5.32 Å². The predicted molar refractivity (Wildman–Crippen MR) is 99.9 cm³/mol. The average Bonchev–Trinajstić information content (AvgIpc) is 2.42. The van der Waals surface area contributed by atoms with E-state index >= 15 is 0 Å². The lowest BCUT2D eigenvalue weighted by atomic mass is 9.95. The van der Waals surface area contributed by atoms with Crippen LogP contribution in [0.25, 0.3) is 0 Å². The molecule has 1 aromatic rings. The minimum Gasteiger partial charge on any atom is -0.314 e. The first-order valence-corrected chi connectivity index (χ1v) is 8.27. The lowest BCUT2D eigenvalue weighted by molar-refractivity contribution is 0.156. The highest BCUT2D eigenvalue weighted by atomic mass is 79.9. The topological polar surface area (TPSA) is 15.3 Å². The number of piperazine rings is 1. The Morgan fingerprint density at radius 2 is 1.82 bits per heavy atom. The van der Waals surface area contributed by atoms with E-state index in [0.717, 1.165) is 49.1 Å². The van der Waals surface area contributed by atoms with Gasteiger partial charge in [0, 0.05) is 42.3 Å². The molecule has 1 heterocycles. The summed E-state index contributed by atoms with van der Waals surface area (Å²) in [7, 11) is 0. The van der Waals surface area contributed by atoms with Crippen LogP contribution in [0.2, 0.25) is 0 Å². The summed E-state index contributed by atoms with van der Waals surface area (Å²) in [6, 6.07) is 5.46. The third-order valence-electron chi connectivity index (χ3n) is 3.94. The summed E-state index contributed by atoms with van der Waals surface area (Å²) in [6.07, 6.45) is 2.13. The van der Waals surface area contributed by atoms with Gasteiger partial charge in [-0.1, -0.05) is 35.8 Å². The van der Waals surface area contributed by atoms with E-state index in [2.05, 4.69) is 40.0 Å². The number of rotatable bonds is 5. The zero-order chi connectivity index (χ0) is 14.5. The summed E-state index contributed by atoms with van der Waals surface area (Å²) < 4.78 is 15.2. The Kier molecular flexibility index (Phi) is 10.9. The van der Waals surface area contributed by atoms with Crippen molar-refractivity contribution < 1.29 is 4.39 Å². The molecular formula is C16H26BrCl2FN2. The van der Waals surface area contributed by atoms with E-state index in [1.54, 1.807) is 12.1 Å². The third-order valence-corrected chi connectivity index (χ3v) is 4.63. The first kappa shape index (κ1) is 22.1. The van der Waals surface area contributed by atoms with Crippen molar-refractivity contribution in [1.29, 1.82) is 0 Å². The second-order valence-electron chi connectivity index (χ2n) is 5.91. The molecule has 1 aliphatic heterocycles. The number of nitrogens with one attached hydrogen (secondary N) is 1. The van der Waals surface area contributed by atoms with Crippen molar-refractivity contribution in [3.63, 3.8) is 0 Å².